The van der Waals surface area contributed by atoms with Gasteiger partial charge >= 0.3 is 0 Å². The van der Waals surface area contributed by atoms with Crippen LogP contribution in [0, 0.1) is 0 Å². The fourth-order valence-corrected chi connectivity index (χ4v) is 3.70. The van der Waals surface area contributed by atoms with Gasteiger partial charge in [-0.2, -0.15) is 17.0 Å². The van der Waals surface area contributed by atoms with Gasteiger partial charge in [0.25, 0.3) is 10.2 Å². The maximum atomic E-state index is 12.4. The van der Waals surface area contributed by atoms with E-state index in [4.69, 9.17) is 5.11 Å². The highest BCUT2D eigenvalue weighted by Gasteiger charge is 2.30. The van der Waals surface area contributed by atoms with E-state index in [9.17, 15) is 8.42 Å². The van der Waals surface area contributed by atoms with Crippen molar-refractivity contribution < 1.29 is 13.5 Å². The molecule has 0 aromatic rings. The van der Waals surface area contributed by atoms with Crippen molar-refractivity contribution >= 4 is 10.2 Å². The molecule has 0 aromatic carbocycles. The SMILES string of the molecule is CCCN(CCC)S(=O)(=O)N(CCO)C(C)C. The van der Waals surface area contributed by atoms with Crippen molar-refractivity contribution in [1.29, 1.82) is 0 Å². The number of hydrogen-bond donors (Lipinski definition) is 1. The fourth-order valence-electron chi connectivity index (χ4n) is 1.73. The van der Waals surface area contributed by atoms with Gasteiger partial charge in [-0.3, -0.25) is 0 Å². The summed E-state index contributed by atoms with van der Waals surface area (Å²) in [5.41, 5.74) is 0. The topological polar surface area (TPSA) is 60.9 Å². The zero-order chi connectivity index (χ0) is 13.5. The van der Waals surface area contributed by atoms with E-state index in [2.05, 4.69) is 0 Å². The van der Waals surface area contributed by atoms with E-state index in [1.54, 1.807) is 0 Å². The molecule has 0 fully saturated rings. The molecule has 0 radical (unpaired) electrons. The number of aliphatic hydroxyl groups is 1. The molecule has 1 N–H and O–H groups in total. The molecule has 0 amide bonds. The third kappa shape index (κ3) is 4.91. The molecule has 0 rings (SSSR count). The molecule has 0 spiro atoms. The van der Waals surface area contributed by atoms with Crippen LogP contribution in [0.2, 0.25) is 0 Å². The summed E-state index contributed by atoms with van der Waals surface area (Å²) in [4.78, 5) is 0. The first kappa shape index (κ1) is 16.8. The van der Waals surface area contributed by atoms with E-state index in [1.165, 1.54) is 8.61 Å². The Kier molecular flexibility index (Phi) is 7.94. The van der Waals surface area contributed by atoms with Gasteiger partial charge in [0.1, 0.15) is 0 Å². The minimum atomic E-state index is -3.44. The van der Waals surface area contributed by atoms with Crippen LogP contribution >= 0.6 is 0 Å². The normalized spacial score (nSPS) is 12.9. The Morgan fingerprint density at radius 3 is 1.82 bits per heavy atom. The molecule has 0 aromatic heterocycles. The predicted molar refractivity (Wildman–Crippen MR) is 70.0 cm³/mol. The van der Waals surface area contributed by atoms with Crippen molar-refractivity contribution in [2.75, 3.05) is 26.2 Å². The first-order valence-electron chi connectivity index (χ1n) is 6.29. The van der Waals surface area contributed by atoms with Gasteiger partial charge in [0.15, 0.2) is 0 Å². The summed E-state index contributed by atoms with van der Waals surface area (Å²) in [5, 5.41) is 8.97. The molecular formula is C11H26N2O3S. The summed E-state index contributed by atoms with van der Waals surface area (Å²) in [7, 11) is -3.44. The van der Waals surface area contributed by atoms with Crippen LogP contribution in [0.25, 0.3) is 0 Å². The Labute approximate surface area is 106 Å². The van der Waals surface area contributed by atoms with Crippen LogP contribution in [-0.2, 0) is 10.2 Å². The lowest BCUT2D eigenvalue weighted by Gasteiger charge is -2.31. The Hall–Kier alpha value is -0.170. The summed E-state index contributed by atoms with van der Waals surface area (Å²) in [6.45, 7) is 8.64. The van der Waals surface area contributed by atoms with Gasteiger partial charge in [0.05, 0.1) is 6.61 Å². The fraction of sp³-hybridized carbons (Fsp3) is 1.00. The van der Waals surface area contributed by atoms with Gasteiger partial charge in [0.2, 0.25) is 0 Å². The van der Waals surface area contributed by atoms with E-state index in [0.717, 1.165) is 12.8 Å². The van der Waals surface area contributed by atoms with Crippen molar-refractivity contribution in [2.24, 2.45) is 0 Å². The van der Waals surface area contributed by atoms with Gasteiger partial charge < -0.3 is 5.11 Å². The monoisotopic (exact) mass is 266 g/mol. The Bertz CT molecular complexity index is 285. The smallest absolute Gasteiger partial charge is 0.282 e. The Morgan fingerprint density at radius 2 is 1.53 bits per heavy atom. The molecule has 0 aliphatic heterocycles. The lowest BCUT2D eigenvalue weighted by atomic mass is 10.4. The molecule has 0 atom stereocenters. The Balaban J connectivity index is 5.00. The second-order valence-corrected chi connectivity index (χ2v) is 6.22. The third-order valence-electron chi connectivity index (χ3n) is 2.47. The molecule has 0 aliphatic carbocycles. The molecule has 0 heterocycles. The van der Waals surface area contributed by atoms with Gasteiger partial charge in [-0.15, -0.1) is 0 Å². The summed E-state index contributed by atoms with van der Waals surface area (Å²) in [6.07, 6.45) is 1.59. The first-order valence-corrected chi connectivity index (χ1v) is 7.69. The standard InChI is InChI=1S/C11H26N2O3S/c1-5-7-12(8-6-2)17(15,16)13(9-10-14)11(3)4/h11,14H,5-10H2,1-4H3. The van der Waals surface area contributed by atoms with Crippen LogP contribution in [0.5, 0.6) is 0 Å². The van der Waals surface area contributed by atoms with Gasteiger partial charge in [-0.1, -0.05) is 13.8 Å². The number of nitrogens with zero attached hydrogens (tertiary/aromatic N) is 2. The second kappa shape index (κ2) is 8.02. The summed E-state index contributed by atoms with van der Waals surface area (Å²) >= 11 is 0. The summed E-state index contributed by atoms with van der Waals surface area (Å²) in [5.74, 6) is 0. The van der Waals surface area contributed by atoms with Gasteiger partial charge in [0, 0.05) is 25.7 Å². The average Bonchev–Trinajstić information content (AvgIpc) is 2.24. The highest BCUT2D eigenvalue weighted by Crippen LogP contribution is 2.13. The van der Waals surface area contributed by atoms with Gasteiger partial charge in [-0.25, -0.2) is 0 Å². The molecule has 0 aliphatic rings. The van der Waals surface area contributed by atoms with E-state index in [1.807, 2.05) is 27.7 Å². The molecule has 17 heavy (non-hydrogen) atoms. The van der Waals surface area contributed by atoms with E-state index in [0.29, 0.717) is 13.1 Å². The molecular weight excluding hydrogens is 240 g/mol. The molecule has 0 unspecified atom stereocenters. The van der Waals surface area contributed by atoms with E-state index >= 15 is 0 Å². The lowest BCUT2D eigenvalue weighted by molar-refractivity contribution is 0.225. The van der Waals surface area contributed by atoms with Crippen LogP contribution < -0.4 is 0 Å². The quantitative estimate of drug-likeness (QED) is 0.679. The Morgan fingerprint density at radius 1 is 1.06 bits per heavy atom. The van der Waals surface area contributed by atoms with Gasteiger partial charge in [-0.05, 0) is 26.7 Å². The predicted octanol–water partition coefficient (Wildman–Crippen LogP) is 1.06. The maximum absolute atomic E-state index is 12.4. The number of aliphatic hydroxyl groups excluding tert-OH is 1. The van der Waals surface area contributed by atoms with Crippen LogP contribution in [0.1, 0.15) is 40.5 Å². The van der Waals surface area contributed by atoms with E-state index in [-0.39, 0.29) is 19.2 Å². The van der Waals surface area contributed by atoms with Crippen molar-refractivity contribution in [3.05, 3.63) is 0 Å². The van der Waals surface area contributed by atoms with Crippen LogP contribution in [0.4, 0.5) is 0 Å². The van der Waals surface area contributed by atoms with Crippen molar-refractivity contribution in [3.63, 3.8) is 0 Å². The van der Waals surface area contributed by atoms with E-state index < -0.39 is 10.2 Å². The molecule has 6 heteroatoms. The van der Waals surface area contributed by atoms with Crippen molar-refractivity contribution in [2.45, 2.75) is 46.6 Å². The zero-order valence-corrected chi connectivity index (χ0v) is 12.2. The molecule has 0 bridgehead atoms. The lowest BCUT2D eigenvalue weighted by Crippen LogP contribution is -2.48. The zero-order valence-electron chi connectivity index (χ0n) is 11.4. The highest BCUT2D eigenvalue weighted by atomic mass is 32.2. The van der Waals surface area contributed by atoms with Crippen molar-refractivity contribution in [1.82, 2.24) is 8.61 Å². The summed E-state index contributed by atoms with van der Waals surface area (Å²) in [6, 6.07) is -0.136. The molecule has 0 saturated carbocycles. The second-order valence-electron chi connectivity index (χ2n) is 4.33. The van der Waals surface area contributed by atoms with Crippen LogP contribution in [0.3, 0.4) is 0 Å². The van der Waals surface area contributed by atoms with Crippen LogP contribution in [-0.4, -0.2) is 54.4 Å². The first-order chi connectivity index (χ1) is 7.91. The van der Waals surface area contributed by atoms with Crippen LogP contribution in [0.15, 0.2) is 0 Å². The minimum absolute atomic E-state index is 0.136. The van der Waals surface area contributed by atoms with Crippen molar-refractivity contribution in [3.8, 4) is 0 Å². The average molecular weight is 266 g/mol. The molecule has 5 nitrogen and oxygen atoms in total. The number of hydrogen-bond acceptors (Lipinski definition) is 3. The maximum Gasteiger partial charge on any atom is 0.282 e. The molecule has 104 valence electrons. The minimum Gasteiger partial charge on any atom is -0.395 e. The summed E-state index contributed by atoms with van der Waals surface area (Å²) < 4.78 is 27.6. The molecule has 0 saturated heterocycles. The number of rotatable bonds is 9. The largest absolute Gasteiger partial charge is 0.395 e. The third-order valence-corrected chi connectivity index (χ3v) is 4.68. The highest BCUT2D eigenvalue weighted by molar-refractivity contribution is 7.86.